The van der Waals surface area contributed by atoms with E-state index in [1.165, 1.54) is 6.07 Å². The van der Waals surface area contributed by atoms with Crippen molar-refractivity contribution in [2.24, 2.45) is 0 Å². The lowest BCUT2D eigenvalue weighted by molar-refractivity contribution is -0.384. The summed E-state index contributed by atoms with van der Waals surface area (Å²) < 4.78 is 2.72. The van der Waals surface area contributed by atoms with Gasteiger partial charge in [-0.25, -0.2) is 0 Å². The highest BCUT2D eigenvalue weighted by atomic mass is 79.9. The molecule has 0 saturated carbocycles. The van der Waals surface area contributed by atoms with Gasteiger partial charge in [0, 0.05) is 30.0 Å². The number of anilines is 1. The van der Waals surface area contributed by atoms with Gasteiger partial charge in [-0.05, 0) is 12.1 Å². The van der Waals surface area contributed by atoms with Gasteiger partial charge in [0.05, 0.1) is 4.92 Å². The Morgan fingerprint density at radius 1 is 1.50 bits per heavy atom. The number of nitro benzene ring substituents is 1. The minimum atomic E-state index is -0.398. The van der Waals surface area contributed by atoms with Gasteiger partial charge in [-0.3, -0.25) is 10.1 Å². The maximum absolute atomic E-state index is 11.0. The number of nitrogens with one attached hydrogen (secondary N) is 1. The number of benzene rings is 1. The molecule has 8 heteroatoms. The zero-order valence-corrected chi connectivity index (χ0v) is 12.5. The van der Waals surface area contributed by atoms with Crippen LogP contribution in [0.5, 0.6) is 0 Å². The maximum Gasteiger partial charge on any atom is 0.292 e. The van der Waals surface area contributed by atoms with E-state index in [9.17, 15) is 10.1 Å². The largest absolute Gasteiger partial charge is 0.378 e. The van der Waals surface area contributed by atoms with E-state index < -0.39 is 4.92 Å². The van der Waals surface area contributed by atoms with Gasteiger partial charge in [-0.15, -0.1) is 10.2 Å². The summed E-state index contributed by atoms with van der Waals surface area (Å²) in [4.78, 5) is 10.6. The molecule has 0 aliphatic rings. The van der Waals surface area contributed by atoms with Crippen LogP contribution in [0.4, 0.5) is 11.4 Å². The lowest BCUT2D eigenvalue weighted by Crippen LogP contribution is -2.13. The zero-order valence-electron chi connectivity index (χ0n) is 10.9. The van der Waals surface area contributed by atoms with E-state index in [1.54, 1.807) is 18.5 Å². The fourth-order valence-electron chi connectivity index (χ4n) is 1.86. The molecular formula is C12H14BrN5O2. The number of hydrogen-bond donors (Lipinski definition) is 1. The molecule has 1 aromatic heterocycles. The average molecular weight is 340 g/mol. The lowest BCUT2D eigenvalue weighted by Gasteiger charge is -2.09. The highest BCUT2D eigenvalue weighted by Gasteiger charge is 2.13. The molecule has 0 spiro atoms. The van der Waals surface area contributed by atoms with Crippen LogP contribution in [0, 0.1) is 10.1 Å². The second-order valence-electron chi connectivity index (χ2n) is 4.14. The van der Waals surface area contributed by atoms with E-state index in [1.807, 2.05) is 11.5 Å². The number of hydrogen-bond acceptors (Lipinski definition) is 5. The SMILES string of the molecule is CCc1nncn1CCNc1cc(Br)ccc1[N+](=O)[O-]. The number of aromatic nitrogens is 3. The number of nitrogens with zero attached hydrogens (tertiary/aromatic N) is 4. The molecule has 20 heavy (non-hydrogen) atoms. The molecule has 1 heterocycles. The number of halogens is 1. The van der Waals surface area contributed by atoms with Gasteiger partial charge in [-0.1, -0.05) is 22.9 Å². The van der Waals surface area contributed by atoms with Crippen LogP contribution in [0.1, 0.15) is 12.7 Å². The molecule has 1 N–H and O–H groups in total. The van der Waals surface area contributed by atoms with Crippen LogP contribution in [0.2, 0.25) is 0 Å². The summed E-state index contributed by atoms with van der Waals surface area (Å²) in [7, 11) is 0. The average Bonchev–Trinajstić information content (AvgIpc) is 2.86. The number of rotatable bonds is 6. The van der Waals surface area contributed by atoms with Crippen molar-refractivity contribution in [3.63, 3.8) is 0 Å². The third kappa shape index (κ3) is 3.32. The van der Waals surface area contributed by atoms with Gasteiger partial charge >= 0.3 is 0 Å². The summed E-state index contributed by atoms with van der Waals surface area (Å²) in [6.07, 6.45) is 2.47. The molecule has 7 nitrogen and oxygen atoms in total. The molecule has 0 bridgehead atoms. The Kier molecular flexibility index (Phi) is 4.67. The molecule has 106 valence electrons. The minimum absolute atomic E-state index is 0.0627. The Balaban J connectivity index is 2.04. The van der Waals surface area contributed by atoms with E-state index in [0.717, 1.165) is 16.7 Å². The van der Waals surface area contributed by atoms with Crippen LogP contribution in [0.3, 0.4) is 0 Å². The minimum Gasteiger partial charge on any atom is -0.378 e. The molecular weight excluding hydrogens is 326 g/mol. The van der Waals surface area contributed by atoms with Crippen LogP contribution in [-0.4, -0.2) is 26.2 Å². The van der Waals surface area contributed by atoms with E-state index >= 15 is 0 Å². The van der Waals surface area contributed by atoms with Crippen LogP contribution in [0.25, 0.3) is 0 Å². The molecule has 0 aliphatic heterocycles. The van der Waals surface area contributed by atoms with Crippen LogP contribution >= 0.6 is 15.9 Å². The number of nitro groups is 1. The zero-order chi connectivity index (χ0) is 14.5. The van der Waals surface area contributed by atoms with Crippen molar-refractivity contribution >= 4 is 27.3 Å². The van der Waals surface area contributed by atoms with Crippen molar-refractivity contribution in [3.05, 3.63) is 44.9 Å². The third-order valence-electron chi connectivity index (χ3n) is 2.84. The topological polar surface area (TPSA) is 85.9 Å². The molecule has 2 aromatic rings. The quantitative estimate of drug-likeness (QED) is 0.645. The fourth-order valence-corrected chi connectivity index (χ4v) is 2.22. The first-order chi connectivity index (χ1) is 9.61. The monoisotopic (exact) mass is 339 g/mol. The third-order valence-corrected chi connectivity index (χ3v) is 3.33. The fraction of sp³-hybridized carbons (Fsp3) is 0.333. The molecule has 1 aromatic carbocycles. The van der Waals surface area contributed by atoms with Gasteiger partial charge in [0.2, 0.25) is 0 Å². The second-order valence-corrected chi connectivity index (χ2v) is 5.06. The van der Waals surface area contributed by atoms with Crippen molar-refractivity contribution < 1.29 is 4.92 Å². The Morgan fingerprint density at radius 2 is 2.30 bits per heavy atom. The smallest absolute Gasteiger partial charge is 0.292 e. The van der Waals surface area contributed by atoms with Crippen molar-refractivity contribution in [1.29, 1.82) is 0 Å². The molecule has 0 amide bonds. The van der Waals surface area contributed by atoms with E-state index in [-0.39, 0.29) is 5.69 Å². The summed E-state index contributed by atoms with van der Waals surface area (Å²) in [5.41, 5.74) is 0.558. The first kappa shape index (κ1) is 14.4. The molecule has 0 saturated heterocycles. The van der Waals surface area contributed by atoms with Crippen molar-refractivity contribution in [2.45, 2.75) is 19.9 Å². The van der Waals surface area contributed by atoms with Gasteiger partial charge in [0.15, 0.2) is 0 Å². The predicted octanol–water partition coefficient (Wildman–Crippen LogP) is 2.62. The number of aryl methyl sites for hydroxylation is 1. The van der Waals surface area contributed by atoms with Gasteiger partial charge in [0.1, 0.15) is 17.8 Å². The Labute approximate surface area is 124 Å². The first-order valence-corrected chi connectivity index (χ1v) is 6.95. The van der Waals surface area contributed by atoms with E-state index in [2.05, 4.69) is 31.4 Å². The first-order valence-electron chi connectivity index (χ1n) is 6.16. The molecule has 0 fully saturated rings. The van der Waals surface area contributed by atoms with E-state index in [4.69, 9.17) is 0 Å². The van der Waals surface area contributed by atoms with Crippen LogP contribution in [-0.2, 0) is 13.0 Å². The predicted molar refractivity (Wildman–Crippen MR) is 78.7 cm³/mol. The highest BCUT2D eigenvalue weighted by Crippen LogP contribution is 2.27. The second kappa shape index (κ2) is 6.47. The van der Waals surface area contributed by atoms with Gasteiger partial charge < -0.3 is 9.88 Å². The van der Waals surface area contributed by atoms with Crippen molar-refractivity contribution in [1.82, 2.24) is 14.8 Å². The Bertz CT molecular complexity index is 614. The Morgan fingerprint density at radius 3 is 3.00 bits per heavy atom. The van der Waals surface area contributed by atoms with Crippen LogP contribution in [0.15, 0.2) is 29.0 Å². The Hall–Kier alpha value is -1.96. The highest BCUT2D eigenvalue weighted by molar-refractivity contribution is 9.10. The van der Waals surface area contributed by atoms with Gasteiger partial charge in [0.25, 0.3) is 5.69 Å². The van der Waals surface area contributed by atoms with Crippen molar-refractivity contribution in [2.75, 3.05) is 11.9 Å². The molecule has 0 aliphatic carbocycles. The summed E-state index contributed by atoms with van der Waals surface area (Å²) >= 11 is 3.31. The van der Waals surface area contributed by atoms with Crippen LogP contribution < -0.4 is 5.32 Å². The van der Waals surface area contributed by atoms with E-state index in [0.29, 0.717) is 18.8 Å². The summed E-state index contributed by atoms with van der Waals surface area (Å²) in [5.74, 6) is 0.899. The molecule has 0 atom stereocenters. The van der Waals surface area contributed by atoms with Gasteiger partial charge in [-0.2, -0.15) is 0 Å². The summed E-state index contributed by atoms with van der Waals surface area (Å²) in [6.45, 7) is 3.22. The summed E-state index contributed by atoms with van der Waals surface area (Å²) in [5, 5.41) is 21.9. The van der Waals surface area contributed by atoms with Crippen molar-refractivity contribution in [3.8, 4) is 0 Å². The molecule has 0 radical (unpaired) electrons. The lowest BCUT2D eigenvalue weighted by atomic mass is 10.2. The normalized spacial score (nSPS) is 10.5. The summed E-state index contributed by atoms with van der Waals surface area (Å²) in [6, 6.07) is 4.83. The maximum atomic E-state index is 11.0. The standard InChI is InChI=1S/C12H14BrN5O2/c1-2-12-16-15-8-17(12)6-5-14-10-7-9(13)3-4-11(10)18(19)20/h3-4,7-8,14H,2,5-6H2,1H3. The molecule has 0 unspecified atom stereocenters. The molecule has 2 rings (SSSR count).